The summed E-state index contributed by atoms with van der Waals surface area (Å²) in [6.45, 7) is 4.38. The Bertz CT molecular complexity index is 788. The van der Waals surface area contributed by atoms with E-state index in [1.54, 1.807) is 0 Å². The lowest BCUT2D eigenvalue weighted by Gasteiger charge is -2.38. The average Bonchev–Trinajstić information content (AvgIpc) is 3.11. The van der Waals surface area contributed by atoms with Gasteiger partial charge in [0.05, 0.1) is 5.52 Å². The number of carbonyl (C=O) groups is 1. The maximum absolute atomic E-state index is 12.9. The van der Waals surface area contributed by atoms with E-state index in [4.69, 9.17) is 0 Å². The molecule has 2 aromatic rings. The molecule has 5 nitrogen and oxygen atoms in total. The molecule has 0 spiro atoms. The number of carbonyl (C=O) groups excluding carboxylic acids is 1. The van der Waals surface area contributed by atoms with Gasteiger partial charge in [-0.2, -0.15) is 5.10 Å². The highest BCUT2D eigenvalue weighted by Crippen LogP contribution is 2.35. The number of halogens is 1. The normalized spacial score (nSPS) is 25.9. The Hall–Kier alpha value is -1.95. The van der Waals surface area contributed by atoms with Crippen molar-refractivity contribution in [3.8, 4) is 0 Å². The van der Waals surface area contributed by atoms with Gasteiger partial charge in [0.1, 0.15) is 6.67 Å². The van der Waals surface area contributed by atoms with Crippen LogP contribution in [-0.2, 0) is 0 Å². The summed E-state index contributed by atoms with van der Waals surface area (Å²) in [7, 11) is 0. The van der Waals surface area contributed by atoms with Crippen LogP contribution in [0.25, 0.3) is 10.9 Å². The zero-order chi connectivity index (χ0) is 18.3. The third-order valence-corrected chi connectivity index (χ3v) is 5.88. The van der Waals surface area contributed by atoms with E-state index in [2.05, 4.69) is 29.2 Å². The monoisotopic (exact) mass is 358 g/mol. The fraction of sp³-hybridized carbons (Fsp3) is 0.600. The second-order valence-electron chi connectivity index (χ2n) is 7.86. The molecule has 2 aliphatic heterocycles. The highest BCUT2D eigenvalue weighted by molar-refractivity contribution is 6.05. The third-order valence-electron chi connectivity index (χ3n) is 5.88. The van der Waals surface area contributed by atoms with E-state index in [-0.39, 0.29) is 24.7 Å². The molecule has 1 amide bonds. The van der Waals surface area contributed by atoms with Gasteiger partial charge in [0.15, 0.2) is 5.69 Å². The second kappa shape index (κ2) is 6.99. The maximum Gasteiger partial charge on any atom is 0.272 e. The summed E-state index contributed by atoms with van der Waals surface area (Å²) < 4.78 is 14.7. The Labute approximate surface area is 153 Å². The molecule has 26 heavy (non-hydrogen) atoms. The molecule has 2 fully saturated rings. The van der Waals surface area contributed by atoms with Crippen LogP contribution in [0.2, 0.25) is 0 Å². The third kappa shape index (κ3) is 3.00. The molecule has 2 atom stereocenters. The smallest absolute Gasteiger partial charge is 0.272 e. The van der Waals surface area contributed by atoms with Crippen LogP contribution in [0, 0.1) is 0 Å². The van der Waals surface area contributed by atoms with Crippen molar-refractivity contribution >= 4 is 16.8 Å². The Morgan fingerprint density at radius 3 is 2.62 bits per heavy atom. The van der Waals surface area contributed by atoms with Crippen LogP contribution in [0.4, 0.5) is 4.39 Å². The molecule has 1 aromatic carbocycles. The van der Waals surface area contributed by atoms with Crippen LogP contribution in [0.15, 0.2) is 24.3 Å². The molecular weight excluding hydrogens is 331 g/mol. The van der Waals surface area contributed by atoms with E-state index < -0.39 is 0 Å². The molecule has 140 valence electrons. The number of nitrogens with zero attached hydrogens (tertiary/aromatic N) is 3. The number of nitrogens with one attached hydrogen (secondary N) is 1. The number of benzene rings is 1. The van der Waals surface area contributed by atoms with Gasteiger partial charge < -0.3 is 5.32 Å². The van der Waals surface area contributed by atoms with E-state index in [0.717, 1.165) is 36.6 Å². The van der Waals surface area contributed by atoms with Gasteiger partial charge >= 0.3 is 0 Å². The number of rotatable bonds is 5. The average molecular weight is 358 g/mol. The van der Waals surface area contributed by atoms with Crippen LogP contribution in [0.3, 0.4) is 0 Å². The van der Waals surface area contributed by atoms with Crippen LogP contribution < -0.4 is 5.32 Å². The highest BCUT2D eigenvalue weighted by atomic mass is 19.1. The van der Waals surface area contributed by atoms with E-state index in [9.17, 15) is 9.18 Å². The highest BCUT2D eigenvalue weighted by Gasteiger charge is 2.40. The van der Waals surface area contributed by atoms with Crippen molar-refractivity contribution < 1.29 is 9.18 Å². The standard InChI is InChI=1S/C20H27FN4O/c1-13(2)25-18-6-4-3-5-17(18)19(23-25)20(26)22-14-11-15-7-8-16(12-14)24(15)10-9-21/h3-6,13-16H,7-12H2,1-2H3,(H,22,26). The molecule has 1 aromatic heterocycles. The quantitative estimate of drug-likeness (QED) is 0.892. The minimum Gasteiger partial charge on any atom is -0.348 e. The number of para-hydroxylation sites is 1. The maximum atomic E-state index is 12.9. The van der Waals surface area contributed by atoms with Gasteiger partial charge in [0.25, 0.3) is 5.91 Å². The summed E-state index contributed by atoms with van der Waals surface area (Å²) in [4.78, 5) is 15.2. The molecule has 6 heteroatoms. The number of hydrogen-bond donors (Lipinski definition) is 1. The Kier molecular flexibility index (Phi) is 4.69. The van der Waals surface area contributed by atoms with Gasteiger partial charge in [-0.25, -0.2) is 4.39 Å². The van der Waals surface area contributed by atoms with E-state index in [0.29, 0.717) is 24.3 Å². The van der Waals surface area contributed by atoms with Crippen molar-refractivity contribution in [2.45, 2.75) is 63.7 Å². The van der Waals surface area contributed by atoms with Gasteiger partial charge in [-0.15, -0.1) is 0 Å². The molecule has 0 aliphatic carbocycles. The topological polar surface area (TPSA) is 50.2 Å². The summed E-state index contributed by atoms with van der Waals surface area (Å²) in [6, 6.07) is 9.04. The van der Waals surface area contributed by atoms with Crippen LogP contribution in [0.5, 0.6) is 0 Å². The molecule has 0 radical (unpaired) electrons. The lowest BCUT2D eigenvalue weighted by molar-refractivity contribution is 0.0826. The Balaban J connectivity index is 1.52. The number of amides is 1. The fourth-order valence-corrected chi connectivity index (χ4v) is 4.76. The summed E-state index contributed by atoms with van der Waals surface area (Å²) in [5.41, 5.74) is 1.50. The van der Waals surface area contributed by atoms with Gasteiger partial charge in [-0.3, -0.25) is 14.4 Å². The molecule has 2 aliphatic rings. The lowest BCUT2D eigenvalue weighted by atomic mass is 9.97. The predicted octanol–water partition coefficient (Wildman–Crippen LogP) is 3.31. The minimum atomic E-state index is -0.289. The summed E-state index contributed by atoms with van der Waals surface area (Å²) in [5.74, 6) is -0.0936. The zero-order valence-electron chi connectivity index (χ0n) is 15.5. The first-order valence-electron chi connectivity index (χ1n) is 9.68. The first kappa shape index (κ1) is 17.5. The summed E-state index contributed by atoms with van der Waals surface area (Å²) >= 11 is 0. The van der Waals surface area contributed by atoms with Gasteiger partial charge in [-0.05, 0) is 45.6 Å². The van der Waals surface area contributed by atoms with Crippen LogP contribution >= 0.6 is 0 Å². The first-order valence-corrected chi connectivity index (χ1v) is 9.68. The van der Waals surface area contributed by atoms with E-state index in [1.165, 1.54) is 0 Å². The van der Waals surface area contributed by atoms with Crippen molar-refractivity contribution in [3.05, 3.63) is 30.0 Å². The number of alkyl halides is 1. The summed E-state index contributed by atoms with van der Waals surface area (Å²) in [5, 5.41) is 8.70. The van der Waals surface area contributed by atoms with Crippen molar-refractivity contribution in [3.63, 3.8) is 0 Å². The first-order chi connectivity index (χ1) is 12.6. The molecule has 3 heterocycles. The van der Waals surface area contributed by atoms with Crippen molar-refractivity contribution in [1.82, 2.24) is 20.0 Å². The second-order valence-corrected chi connectivity index (χ2v) is 7.86. The molecule has 1 N–H and O–H groups in total. The molecule has 4 rings (SSSR count). The lowest BCUT2D eigenvalue weighted by Crippen LogP contribution is -2.50. The Morgan fingerprint density at radius 2 is 1.96 bits per heavy atom. The van der Waals surface area contributed by atoms with Crippen molar-refractivity contribution in [2.24, 2.45) is 0 Å². The number of aromatic nitrogens is 2. The number of fused-ring (bicyclic) bond motifs is 3. The Morgan fingerprint density at radius 1 is 1.27 bits per heavy atom. The summed E-state index contributed by atoms with van der Waals surface area (Å²) in [6.07, 6.45) is 4.04. The number of hydrogen-bond acceptors (Lipinski definition) is 3. The number of piperidine rings is 1. The van der Waals surface area contributed by atoms with Crippen molar-refractivity contribution in [1.29, 1.82) is 0 Å². The van der Waals surface area contributed by atoms with E-state index in [1.807, 2.05) is 28.9 Å². The van der Waals surface area contributed by atoms with E-state index >= 15 is 0 Å². The molecule has 2 saturated heterocycles. The van der Waals surface area contributed by atoms with Gasteiger partial charge in [0, 0.05) is 36.1 Å². The van der Waals surface area contributed by atoms with Crippen LogP contribution in [0.1, 0.15) is 56.1 Å². The predicted molar refractivity (Wildman–Crippen MR) is 100 cm³/mol. The van der Waals surface area contributed by atoms with Gasteiger partial charge in [-0.1, -0.05) is 18.2 Å². The minimum absolute atomic E-state index is 0.0936. The molecule has 2 bridgehead atoms. The largest absolute Gasteiger partial charge is 0.348 e. The zero-order valence-corrected chi connectivity index (χ0v) is 15.5. The molecule has 2 unspecified atom stereocenters. The molecule has 0 saturated carbocycles. The van der Waals surface area contributed by atoms with Gasteiger partial charge in [0.2, 0.25) is 0 Å². The SMILES string of the molecule is CC(C)n1nc(C(=O)NC2CC3CCC(C2)N3CCF)c2ccccc21. The fourth-order valence-electron chi connectivity index (χ4n) is 4.76. The van der Waals surface area contributed by atoms with Crippen LogP contribution in [-0.4, -0.2) is 51.9 Å². The molecular formula is C20H27FN4O. The van der Waals surface area contributed by atoms with Crippen molar-refractivity contribution in [2.75, 3.05) is 13.2 Å².